The summed E-state index contributed by atoms with van der Waals surface area (Å²) in [6.45, 7) is 9.03. The minimum atomic E-state index is -0.819. The highest BCUT2D eigenvalue weighted by atomic mass is 32.2. The number of rotatable bonds is 16. The number of hydrogen-bond donors (Lipinski definition) is 2. The quantitative estimate of drug-likeness (QED) is 0.194. The van der Waals surface area contributed by atoms with Gasteiger partial charge in [0.05, 0.1) is 10.5 Å². The zero-order valence-corrected chi connectivity index (χ0v) is 23.9. The number of aliphatic hydroxyl groups is 2. The molecule has 34 heavy (non-hydrogen) atoms. The normalized spacial score (nSPS) is 31.9. The van der Waals surface area contributed by atoms with E-state index in [1.54, 1.807) is 0 Å². The number of unbranched alkanes of at least 4 members (excludes halogenated alkanes) is 2. The molecule has 0 saturated carbocycles. The van der Waals surface area contributed by atoms with E-state index in [1.165, 1.54) is 0 Å². The maximum atomic E-state index is 13.0. The van der Waals surface area contributed by atoms with Gasteiger partial charge in [0.2, 0.25) is 0 Å². The molecule has 7 atom stereocenters. The van der Waals surface area contributed by atoms with Crippen molar-refractivity contribution in [3.63, 3.8) is 0 Å². The molecule has 0 aromatic heterocycles. The summed E-state index contributed by atoms with van der Waals surface area (Å²) in [6.07, 6.45) is 18.9. The van der Waals surface area contributed by atoms with Crippen LogP contribution < -0.4 is 0 Å². The van der Waals surface area contributed by atoms with Crippen molar-refractivity contribution in [2.24, 2.45) is 10.8 Å². The van der Waals surface area contributed by atoms with Crippen LogP contribution in [0.4, 0.5) is 0 Å². The van der Waals surface area contributed by atoms with Gasteiger partial charge in [-0.05, 0) is 68.6 Å². The third-order valence-corrected chi connectivity index (χ3v) is 12.4. The number of hydrogen-bond acceptors (Lipinski definition) is 4. The van der Waals surface area contributed by atoms with Crippen LogP contribution in [0.25, 0.3) is 0 Å². The van der Waals surface area contributed by atoms with Gasteiger partial charge in [0, 0.05) is 45.3 Å². The van der Waals surface area contributed by atoms with Crippen LogP contribution in [0.1, 0.15) is 118 Å². The molecule has 0 amide bonds. The highest BCUT2D eigenvalue weighted by Gasteiger charge is 2.34. The topological polar surface area (TPSA) is 74.6 Å². The van der Waals surface area contributed by atoms with Crippen molar-refractivity contribution in [2.75, 3.05) is 13.2 Å². The maximum absolute atomic E-state index is 13.0. The Morgan fingerprint density at radius 3 is 1.68 bits per heavy atom. The molecule has 0 aromatic carbocycles. The first kappa shape index (κ1) is 30.2. The fraction of sp³-hybridized carbons (Fsp3) is 0.929. The lowest BCUT2D eigenvalue weighted by atomic mass is 9.81. The lowest BCUT2D eigenvalue weighted by Gasteiger charge is -2.26. The molecule has 4 nitrogen and oxygen atoms in total. The maximum Gasteiger partial charge on any atom is 0.0531 e. The lowest BCUT2D eigenvalue weighted by Crippen LogP contribution is -2.21. The van der Waals surface area contributed by atoms with Crippen LogP contribution >= 0.6 is 0 Å². The van der Waals surface area contributed by atoms with Crippen LogP contribution in [-0.2, 0) is 21.6 Å². The molecule has 0 aromatic rings. The smallest absolute Gasteiger partial charge is 0.0531 e. The van der Waals surface area contributed by atoms with Crippen molar-refractivity contribution >= 4 is 21.6 Å². The molecule has 7 unspecified atom stereocenters. The third kappa shape index (κ3) is 9.44. The minimum absolute atomic E-state index is 0.00996. The predicted molar refractivity (Wildman–Crippen MR) is 147 cm³/mol. The second kappa shape index (κ2) is 14.6. The second-order valence-electron chi connectivity index (χ2n) is 12.1. The summed E-state index contributed by atoms with van der Waals surface area (Å²) in [7, 11) is -1.64. The van der Waals surface area contributed by atoms with Gasteiger partial charge in [0.25, 0.3) is 0 Å². The van der Waals surface area contributed by atoms with E-state index in [-0.39, 0.29) is 34.5 Å². The van der Waals surface area contributed by atoms with Crippen molar-refractivity contribution in [3.05, 3.63) is 12.2 Å². The summed E-state index contributed by atoms with van der Waals surface area (Å²) in [5.41, 5.74) is 0.0314. The van der Waals surface area contributed by atoms with E-state index in [9.17, 15) is 18.6 Å². The minimum Gasteiger partial charge on any atom is -0.396 e. The molecule has 0 radical (unpaired) electrons. The van der Waals surface area contributed by atoms with E-state index in [0.29, 0.717) is 10.5 Å². The molecule has 2 aliphatic rings. The molecule has 2 fully saturated rings. The Balaban J connectivity index is 1.70. The summed E-state index contributed by atoms with van der Waals surface area (Å²) < 4.78 is 26.0. The van der Waals surface area contributed by atoms with Crippen LogP contribution in [0, 0.1) is 10.8 Å². The zero-order chi connectivity index (χ0) is 25.2. The molecule has 0 spiro atoms. The first-order valence-electron chi connectivity index (χ1n) is 13.8. The van der Waals surface area contributed by atoms with Crippen molar-refractivity contribution in [1.29, 1.82) is 0 Å². The van der Waals surface area contributed by atoms with E-state index < -0.39 is 21.6 Å². The predicted octanol–water partition coefficient (Wildman–Crippen LogP) is 6.04. The van der Waals surface area contributed by atoms with Gasteiger partial charge in [0.15, 0.2) is 0 Å². The summed E-state index contributed by atoms with van der Waals surface area (Å²) >= 11 is 0. The third-order valence-electron chi connectivity index (χ3n) is 8.19. The molecule has 6 heteroatoms. The van der Waals surface area contributed by atoms with Crippen LogP contribution in [0.15, 0.2) is 12.2 Å². The molecule has 2 N–H and O–H groups in total. The summed E-state index contributed by atoms with van der Waals surface area (Å²) in [4.78, 5) is 0. The SMILES string of the molecule is CCCC(C)(CO)CCCCC1CCC(/C=C\C2CCC(CCCCC(C)(C)CO)S2=O)S1=O. The molecule has 2 aliphatic heterocycles. The zero-order valence-electron chi connectivity index (χ0n) is 22.3. The standard InChI is InChI=1S/C28H52O4S2/c1-5-18-28(4,22-30)20-9-7-11-24-13-15-26(34(24)32)17-16-25-14-12-23(33(25)31)10-6-8-19-27(2,3)21-29/h16-17,23-26,29-30H,5-15,18-22H2,1-4H3/b17-16-. The Hall–Kier alpha value is -0.0400. The van der Waals surface area contributed by atoms with E-state index in [4.69, 9.17) is 0 Å². The van der Waals surface area contributed by atoms with Crippen molar-refractivity contribution in [2.45, 2.75) is 139 Å². The molecule has 0 aliphatic carbocycles. The average molecular weight is 517 g/mol. The Kier molecular flexibility index (Phi) is 13.0. The van der Waals surface area contributed by atoms with Crippen molar-refractivity contribution in [1.82, 2.24) is 0 Å². The van der Waals surface area contributed by atoms with E-state index in [1.807, 2.05) is 0 Å². The Bertz CT molecular complexity index is 677. The molecule has 2 heterocycles. The van der Waals surface area contributed by atoms with Gasteiger partial charge in [-0.1, -0.05) is 72.0 Å². The summed E-state index contributed by atoms with van der Waals surface area (Å²) in [5.74, 6) is 0. The molecular weight excluding hydrogens is 464 g/mol. The number of aliphatic hydroxyl groups excluding tert-OH is 2. The van der Waals surface area contributed by atoms with Crippen LogP contribution in [0.2, 0.25) is 0 Å². The van der Waals surface area contributed by atoms with Crippen molar-refractivity contribution < 1.29 is 18.6 Å². The molecule has 0 bridgehead atoms. The van der Waals surface area contributed by atoms with Gasteiger partial charge in [-0.15, -0.1) is 0 Å². The largest absolute Gasteiger partial charge is 0.396 e. The molecule has 2 saturated heterocycles. The first-order valence-corrected chi connectivity index (χ1v) is 16.4. The van der Waals surface area contributed by atoms with Crippen LogP contribution in [-0.4, -0.2) is 52.8 Å². The van der Waals surface area contributed by atoms with E-state index in [2.05, 4.69) is 39.8 Å². The van der Waals surface area contributed by atoms with Gasteiger partial charge in [-0.2, -0.15) is 0 Å². The lowest BCUT2D eigenvalue weighted by molar-refractivity contribution is 0.119. The summed E-state index contributed by atoms with van der Waals surface area (Å²) in [6, 6.07) is 0. The second-order valence-corrected chi connectivity index (χ2v) is 15.9. The van der Waals surface area contributed by atoms with Gasteiger partial charge in [0.1, 0.15) is 0 Å². The van der Waals surface area contributed by atoms with Crippen LogP contribution in [0.5, 0.6) is 0 Å². The molecule has 200 valence electrons. The van der Waals surface area contributed by atoms with Gasteiger partial charge in [-0.25, -0.2) is 0 Å². The Labute approximate surface area is 214 Å². The van der Waals surface area contributed by atoms with Gasteiger partial charge in [-0.3, -0.25) is 8.42 Å². The molecule has 2 rings (SSSR count). The van der Waals surface area contributed by atoms with E-state index >= 15 is 0 Å². The highest BCUT2D eigenvalue weighted by molar-refractivity contribution is 7.87. The van der Waals surface area contributed by atoms with Crippen LogP contribution in [0.3, 0.4) is 0 Å². The fourth-order valence-electron chi connectivity index (χ4n) is 5.64. The fourth-order valence-corrected chi connectivity index (χ4v) is 9.39. The molecular formula is C28H52O4S2. The monoisotopic (exact) mass is 516 g/mol. The van der Waals surface area contributed by atoms with Gasteiger partial charge < -0.3 is 10.2 Å². The van der Waals surface area contributed by atoms with E-state index in [0.717, 1.165) is 89.9 Å². The van der Waals surface area contributed by atoms with Crippen molar-refractivity contribution in [3.8, 4) is 0 Å². The average Bonchev–Trinajstić information content (AvgIpc) is 3.34. The first-order chi connectivity index (χ1) is 16.1. The summed E-state index contributed by atoms with van der Waals surface area (Å²) in [5, 5.41) is 19.9. The van der Waals surface area contributed by atoms with Gasteiger partial charge >= 0.3 is 0 Å². The Morgan fingerprint density at radius 2 is 1.24 bits per heavy atom. The highest BCUT2D eigenvalue weighted by Crippen LogP contribution is 2.34. The Morgan fingerprint density at radius 1 is 0.735 bits per heavy atom.